The Bertz CT molecular complexity index is 1390. The van der Waals surface area contributed by atoms with Gasteiger partial charge in [-0.05, 0) is 52.0 Å². The van der Waals surface area contributed by atoms with Gasteiger partial charge in [0.2, 0.25) is 0 Å². The SMILES string of the molecule is CCOC(=O)CC1OC(c2cccc(OC)c2OC)c2cc(Cl)ccc2-n2c(CNC(=O)OC(C)(C)C)nnc21. The molecule has 0 fully saturated rings. The lowest BCUT2D eigenvalue weighted by atomic mass is 9.98. The Morgan fingerprint density at radius 1 is 1.10 bits per heavy atom. The lowest BCUT2D eigenvalue weighted by Crippen LogP contribution is -2.32. The number of hydrogen-bond acceptors (Lipinski definition) is 9. The number of fused-ring (bicyclic) bond motifs is 3. The number of halogens is 1. The van der Waals surface area contributed by atoms with Gasteiger partial charge in [0.25, 0.3) is 0 Å². The van der Waals surface area contributed by atoms with E-state index in [2.05, 4.69) is 15.5 Å². The first-order valence-electron chi connectivity index (χ1n) is 12.8. The molecule has 2 unspecified atom stereocenters. The van der Waals surface area contributed by atoms with Crippen LogP contribution in [0.5, 0.6) is 11.5 Å². The number of hydrogen-bond donors (Lipinski definition) is 1. The molecule has 3 aromatic rings. The van der Waals surface area contributed by atoms with Crippen LogP contribution in [0.3, 0.4) is 0 Å². The molecule has 1 aliphatic heterocycles. The molecule has 0 bridgehead atoms. The maximum atomic E-state index is 12.7. The van der Waals surface area contributed by atoms with Crippen molar-refractivity contribution in [1.29, 1.82) is 0 Å². The van der Waals surface area contributed by atoms with Gasteiger partial charge in [-0.15, -0.1) is 10.2 Å². The number of rotatable bonds is 8. The van der Waals surface area contributed by atoms with Crippen LogP contribution >= 0.6 is 11.6 Å². The van der Waals surface area contributed by atoms with Gasteiger partial charge in [0, 0.05) is 16.1 Å². The molecule has 1 amide bonds. The number of amides is 1. The molecule has 1 N–H and O–H groups in total. The number of methoxy groups -OCH3 is 2. The highest BCUT2D eigenvalue weighted by molar-refractivity contribution is 6.30. The van der Waals surface area contributed by atoms with Crippen LogP contribution in [-0.2, 0) is 25.5 Å². The number of alkyl carbamates (subject to hydrolysis) is 1. The van der Waals surface area contributed by atoms with Crippen molar-refractivity contribution in [2.45, 2.75) is 58.5 Å². The molecule has 11 nitrogen and oxygen atoms in total. The number of nitrogens with zero attached hydrogens (tertiary/aromatic N) is 3. The summed E-state index contributed by atoms with van der Waals surface area (Å²) in [6.45, 7) is 7.28. The predicted molar refractivity (Wildman–Crippen MR) is 146 cm³/mol. The number of aromatic nitrogens is 3. The maximum Gasteiger partial charge on any atom is 0.408 e. The quantitative estimate of drug-likeness (QED) is 0.368. The van der Waals surface area contributed by atoms with E-state index >= 15 is 0 Å². The fourth-order valence-corrected chi connectivity index (χ4v) is 4.67. The molecule has 0 aliphatic carbocycles. The number of benzene rings is 2. The van der Waals surface area contributed by atoms with Crippen LogP contribution in [0.2, 0.25) is 5.02 Å². The summed E-state index contributed by atoms with van der Waals surface area (Å²) < 4.78 is 30.3. The fourth-order valence-electron chi connectivity index (χ4n) is 4.49. The van der Waals surface area contributed by atoms with Gasteiger partial charge >= 0.3 is 12.1 Å². The van der Waals surface area contributed by atoms with Crippen molar-refractivity contribution in [1.82, 2.24) is 20.1 Å². The second-order valence-corrected chi connectivity index (χ2v) is 10.4. The molecule has 214 valence electrons. The van der Waals surface area contributed by atoms with Crippen molar-refractivity contribution in [2.75, 3.05) is 20.8 Å². The van der Waals surface area contributed by atoms with Crippen molar-refractivity contribution in [3.05, 3.63) is 64.2 Å². The van der Waals surface area contributed by atoms with Gasteiger partial charge in [-0.3, -0.25) is 9.36 Å². The van der Waals surface area contributed by atoms with E-state index in [1.165, 1.54) is 0 Å². The molecule has 2 aromatic carbocycles. The summed E-state index contributed by atoms with van der Waals surface area (Å²) in [5.41, 5.74) is 1.32. The van der Waals surface area contributed by atoms with Crippen LogP contribution in [0.15, 0.2) is 36.4 Å². The van der Waals surface area contributed by atoms with Crippen molar-refractivity contribution in [2.24, 2.45) is 0 Å². The monoisotopic (exact) mass is 572 g/mol. The number of ether oxygens (including phenoxy) is 5. The van der Waals surface area contributed by atoms with Gasteiger partial charge < -0.3 is 29.0 Å². The van der Waals surface area contributed by atoms with E-state index in [1.807, 2.05) is 18.2 Å². The van der Waals surface area contributed by atoms with E-state index in [1.54, 1.807) is 64.7 Å². The summed E-state index contributed by atoms with van der Waals surface area (Å²) in [6, 6.07) is 10.8. The van der Waals surface area contributed by atoms with Crippen molar-refractivity contribution < 1.29 is 33.3 Å². The highest BCUT2D eigenvalue weighted by Crippen LogP contribution is 2.46. The van der Waals surface area contributed by atoms with E-state index in [0.717, 1.165) is 0 Å². The molecule has 2 heterocycles. The van der Waals surface area contributed by atoms with E-state index in [9.17, 15) is 9.59 Å². The summed E-state index contributed by atoms with van der Waals surface area (Å²) in [5.74, 6) is 1.29. The van der Waals surface area contributed by atoms with Crippen molar-refractivity contribution in [3.63, 3.8) is 0 Å². The van der Waals surface area contributed by atoms with Crippen LogP contribution in [0, 0.1) is 0 Å². The van der Waals surface area contributed by atoms with Crippen molar-refractivity contribution >= 4 is 23.7 Å². The van der Waals surface area contributed by atoms with E-state index < -0.39 is 29.9 Å². The summed E-state index contributed by atoms with van der Waals surface area (Å²) in [6.07, 6.45) is -2.34. The highest BCUT2D eigenvalue weighted by atomic mass is 35.5. The van der Waals surface area contributed by atoms with Gasteiger partial charge in [0.05, 0.1) is 39.5 Å². The Morgan fingerprint density at radius 2 is 1.88 bits per heavy atom. The lowest BCUT2D eigenvalue weighted by molar-refractivity contribution is -0.147. The van der Waals surface area contributed by atoms with Crippen LogP contribution in [0.25, 0.3) is 5.69 Å². The van der Waals surface area contributed by atoms with Gasteiger partial charge in [-0.2, -0.15) is 0 Å². The number of nitrogens with one attached hydrogen (secondary N) is 1. The lowest BCUT2D eigenvalue weighted by Gasteiger charge is -2.24. The fraction of sp³-hybridized carbons (Fsp3) is 0.429. The molecular weight excluding hydrogens is 540 g/mol. The Balaban J connectivity index is 1.86. The molecule has 1 aliphatic rings. The Morgan fingerprint density at radius 3 is 2.55 bits per heavy atom. The molecule has 4 rings (SSSR count). The third-order valence-corrected chi connectivity index (χ3v) is 6.25. The van der Waals surface area contributed by atoms with Crippen LogP contribution in [-0.4, -0.2) is 53.3 Å². The average molecular weight is 573 g/mol. The zero-order valence-electron chi connectivity index (χ0n) is 23.3. The summed E-state index contributed by atoms with van der Waals surface area (Å²) >= 11 is 6.48. The molecular formula is C28H33ClN4O7. The second-order valence-electron chi connectivity index (χ2n) is 9.97. The molecule has 0 saturated heterocycles. The van der Waals surface area contributed by atoms with E-state index in [-0.39, 0.29) is 19.6 Å². The topological polar surface area (TPSA) is 123 Å². The first-order chi connectivity index (χ1) is 19.1. The zero-order valence-corrected chi connectivity index (χ0v) is 24.1. The normalized spacial score (nSPS) is 16.3. The number of carbonyl (C=O) groups is 2. The van der Waals surface area contributed by atoms with Gasteiger partial charge in [0.1, 0.15) is 17.8 Å². The average Bonchev–Trinajstić information content (AvgIpc) is 3.27. The molecule has 0 spiro atoms. The zero-order chi connectivity index (χ0) is 29.0. The molecule has 40 heavy (non-hydrogen) atoms. The Labute approximate surface area is 237 Å². The largest absolute Gasteiger partial charge is 0.493 e. The summed E-state index contributed by atoms with van der Waals surface area (Å²) in [4.78, 5) is 25.1. The third kappa shape index (κ3) is 6.31. The van der Waals surface area contributed by atoms with Crippen LogP contribution in [0.1, 0.15) is 69.1 Å². The first kappa shape index (κ1) is 29.2. The Kier molecular flexibility index (Phi) is 8.85. The van der Waals surface area contributed by atoms with Gasteiger partial charge in [0.15, 0.2) is 23.1 Å². The van der Waals surface area contributed by atoms with Gasteiger partial charge in [-0.25, -0.2) is 4.79 Å². The van der Waals surface area contributed by atoms with Crippen LogP contribution < -0.4 is 14.8 Å². The predicted octanol–water partition coefficient (Wildman–Crippen LogP) is 5.08. The number of para-hydroxylation sites is 1. The molecule has 0 radical (unpaired) electrons. The standard InChI is InChI=1S/C28H33ClN4O7/c1-7-38-23(34)14-21-26-32-31-22(15-30-27(35)40-28(2,3)4)33(26)19-12-11-16(29)13-18(19)24(39-21)17-9-8-10-20(36-5)25(17)37-6/h8-13,21,24H,7,14-15H2,1-6H3,(H,30,35). The van der Waals surface area contributed by atoms with Crippen molar-refractivity contribution in [3.8, 4) is 17.2 Å². The van der Waals surface area contributed by atoms with E-state index in [4.69, 9.17) is 35.3 Å². The number of esters is 1. The second kappa shape index (κ2) is 12.1. The summed E-state index contributed by atoms with van der Waals surface area (Å²) in [7, 11) is 3.09. The number of carbonyl (C=O) groups excluding carboxylic acids is 2. The molecule has 0 saturated carbocycles. The van der Waals surface area contributed by atoms with Gasteiger partial charge in [-0.1, -0.05) is 23.7 Å². The first-order valence-corrected chi connectivity index (χ1v) is 13.2. The smallest absolute Gasteiger partial charge is 0.408 e. The molecule has 2 atom stereocenters. The maximum absolute atomic E-state index is 12.7. The molecule has 12 heteroatoms. The highest BCUT2D eigenvalue weighted by Gasteiger charge is 2.37. The van der Waals surface area contributed by atoms with E-state index in [0.29, 0.717) is 45.0 Å². The minimum absolute atomic E-state index is 0.00323. The van der Waals surface area contributed by atoms with Crippen LogP contribution in [0.4, 0.5) is 4.79 Å². The Hall–Kier alpha value is -3.83. The minimum Gasteiger partial charge on any atom is -0.493 e. The third-order valence-electron chi connectivity index (χ3n) is 6.02. The summed E-state index contributed by atoms with van der Waals surface area (Å²) in [5, 5.41) is 11.9. The minimum atomic E-state index is -0.867. The molecule has 1 aromatic heterocycles.